The molecule has 0 saturated heterocycles. The first-order chi connectivity index (χ1) is 11.7. The SMILES string of the molecule is C=CCOc1ccccc1CNC(=NC)NCCN(C)CCOC. The van der Waals surface area contributed by atoms with Crippen LogP contribution in [0.5, 0.6) is 5.75 Å². The van der Waals surface area contributed by atoms with Gasteiger partial charge >= 0.3 is 0 Å². The summed E-state index contributed by atoms with van der Waals surface area (Å²) in [6.07, 6.45) is 1.74. The molecule has 2 N–H and O–H groups in total. The summed E-state index contributed by atoms with van der Waals surface area (Å²) in [5.74, 6) is 1.63. The van der Waals surface area contributed by atoms with Crippen LogP contribution >= 0.6 is 0 Å². The number of rotatable bonds is 11. The lowest BCUT2D eigenvalue weighted by Gasteiger charge is -2.18. The Morgan fingerprint density at radius 2 is 2.08 bits per heavy atom. The van der Waals surface area contributed by atoms with E-state index in [2.05, 4.69) is 34.2 Å². The van der Waals surface area contributed by atoms with Crippen LogP contribution in [0.3, 0.4) is 0 Å². The van der Waals surface area contributed by atoms with E-state index in [0.717, 1.165) is 43.5 Å². The lowest BCUT2D eigenvalue weighted by molar-refractivity contribution is 0.162. The van der Waals surface area contributed by atoms with Crippen LogP contribution in [-0.2, 0) is 11.3 Å². The molecular formula is C18H30N4O2. The molecule has 1 aromatic rings. The van der Waals surface area contributed by atoms with E-state index in [9.17, 15) is 0 Å². The third kappa shape index (κ3) is 7.99. The lowest BCUT2D eigenvalue weighted by Crippen LogP contribution is -2.41. The monoisotopic (exact) mass is 334 g/mol. The highest BCUT2D eigenvalue weighted by atomic mass is 16.5. The Hall–Kier alpha value is -2.05. The maximum absolute atomic E-state index is 5.67. The minimum absolute atomic E-state index is 0.498. The molecule has 0 heterocycles. The van der Waals surface area contributed by atoms with Crippen molar-refractivity contribution >= 4 is 5.96 Å². The Labute approximate surface area is 145 Å². The van der Waals surface area contributed by atoms with Crippen LogP contribution in [0.25, 0.3) is 0 Å². The summed E-state index contributed by atoms with van der Waals surface area (Å²) in [5, 5.41) is 6.62. The van der Waals surface area contributed by atoms with Crippen LogP contribution in [-0.4, -0.2) is 64.9 Å². The predicted molar refractivity (Wildman–Crippen MR) is 99.7 cm³/mol. The van der Waals surface area contributed by atoms with Gasteiger partial charge in [0.1, 0.15) is 12.4 Å². The zero-order chi connectivity index (χ0) is 17.6. The van der Waals surface area contributed by atoms with E-state index in [1.807, 2.05) is 24.3 Å². The number of nitrogens with one attached hydrogen (secondary N) is 2. The van der Waals surface area contributed by atoms with Gasteiger partial charge in [-0.2, -0.15) is 0 Å². The summed E-state index contributed by atoms with van der Waals surface area (Å²) in [6, 6.07) is 7.96. The van der Waals surface area contributed by atoms with Gasteiger partial charge in [0.05, 0.1) is 6.61 Å². The molecule has 0 aromatic heterocycles. The minimum Gasteiger partial charge on any atom is -0.489 e. The largest absolute Gasteiger partial charge is 0.489 e. The molecule has 0 radical (unpaired) electrons. The van der Waals surface area contributed by atoms with Crippen LogP contribution < -0.4 is 15.4 Å². The van der Waals surface area contributed by atoms with Crippen molar-refractivity contribution in [1.82, 2.24) is 15.5 Å². The van der Waals surface area contributed by atoms with E-state index in [0.29, 0.717) is 13.2 Å². The number of hydrogen-bond donors (Lipinski definition) is 2. The zero-order valence-corrected chi connectivity index (χ0v) is 15.0. The van der Waals surface area contributed by atoms with Gasteiger partial charge in [-0.15, -0.1) is 0 Å². The fourth-order valence-electron chi connectivity index (χ4n) is 2.06. The molecule has 0 atom stereocenters. The van der Waals surface area contributed by atoms with Crippen molar-refractivity contribution in [1.29, 1.82) is 0 Å². The van der Waals surface area contributed by atoms with E-state index < -0.39 is 0 Å². The van der Waals surface area contributed by atoms with E-state index in [4.69, 9.17) is 9.47 Å². The number of para-hydroxylation sites is 1. The Morgan fingerprint density at radius 3 is 2.79 bits per heavy atom. The predicted octanol–water partition coefficient (Wildman–Crippen LogP) is 1.49. The highest BCUT2D eigenvalue weighted by molar-refractivity contribution is 5.79. The molecule has 1 rings (SSSR count). The quantitative estimate of drug-likeness (QED) is 0.365. The van der Waals surface area contributed by atoms with Gasteiger partial charge in [0, 0.05) is 45.9 Å². The number of hydrogen-bond acceptors (Lipinski definition) is 4. The molecule has 0 aliphatic rings. The fourth-order valence-corrected chi connectivity index (χ4v) is 2.06. The number of aliphatic imine (C=N–C) groups is 1. The molecule has 0 spiro atoms. The van der Waals surface area contributed by atoms with Crippen LogP contribution in [0, 0.1) is 0 Å². The van der Waals surface area contributed by atoms with Crippen molar-refractivity contribution in [2.24, 2.45) is 4.99 Å². The summed E-state index contributed by atoms with van der Waals surface area (Å²) in [7, 11) is 5.56. The smallest absolute Gasteiger partial charge is 0.191 e. The first-order valence-electron chi connectivity index (χ1n) is 8.14. The van der Waals surface area contributed by atoms with Gasteiger partial charge in [-0.05, 0) is 13.1 Å². The van der Waals surface area contributed by atoms with Crippen molar-refractivity contribution < 1.29 is 9.47 Å². The Morgan fingerprint density at radius 1 is 1.29 bits per heavy atom. The van der Waals surface area contributed by atoms with E-state index in [1.54, 1.807) is 20.2 Å². The molecule has 0 amide bonds. The molecule has 6 nitrogen and oxygen atoms in total. The van der Waals surface area contributed by atoms with Gasteiger partial charge in [-0.1, -0.05) is 30.9 Å². The van der Waals surface area contributed by atoms with Gasteiger partial charge < -0.3 is 25.0 Å². The molecule has 0 aliphatic heterocycles. The number of ether oxygens (including phenoxy) is 2. The topological polar surface area (TPSA) is 58.1 Å². The first-order valence-corrected chi connectivity index (χ1v) is 8.14. The second-order valence-electron chi connectivity index (χ2n) is 5.36. The first kappa shape index (κ1) is 20.0. The van der Waals surface area contributed by atoms with Gasteiger partial charge in [0.15, 0.2) is 5.96 Å². The molecule has 0 saturated carbocycles. The molecule has 1 aromatic carbocycles. The number of guanidine groups is 1. The number of likely N-dealkylation sites (N-methyl/N-ethyl adjacent to an activating group) is 1. The zero-order valence-electron chi connectivity index (χ0n) is 15.0. The second kappa shape index (κ2) is 12.4. The Kier molecular flexibility index (Phi) is 10.3. The maximum Gasteiger partial charge on any atom is 0.191 e. The maximum atomic E-state index is 5.67. The summed E-state index contributed by atoms with van der Waals surface area (Å²) < 4.78 is 10.7. The van der Waals surface area contributed by atoms with Gasteiger partial charge in [-0.25, -0.2) is 0 Å². The Bertz CT molecular complexity index is 506. The second-order valence-corrected chi connectivity index (χ2v) is 5.36. The summed E-state index contributed by atoms with van der Waals surface area (Å²) in [4.78, 5) is 6.46. The van der Waals surface area contributed by atoms with Crippen molar-refractivity contribution in [2.45, 2.75) is 6.54 Å². The molecule has 0 aliphatic carbocycles. The third-order valence-corrected chi connectivity index (χ3v) is 3.46. The highest BCUT2D eigenvalue weighted by Crippen LogP contribution is 2.17. The molecule has 6 heteroatoms. The van der Waals surface area contributed by atoms with Gasteiger partial charge in [-0.3, -0.25) is 4.99 Å². The average Bonchev–Trinajstić information content (AvgIpc) is 2.61. The van der Waals surface area contributed by atoms with Crippen molar-refractivity contribution in [2.75, 3.05) is 54.1 Å². The number of nitrogens with zero attached hydrogens (tertiary/aromatic N) is 2. The summed E-state index contributed by atoms with van der Waals surface area (Å²) >= 11 is 0. The molecule has 0 fully saturated rings. The molecule has 0 bridgehead atoms. The standard InChI is InChI=1S/C18H30N4O2/c1-5-13-24-17-9-7-6-8-16(17)15-21-18(19-2)20-10-11-22(3)12-14-23-4/h5-9H,1,10-15H2,2-4H3,(H2,19,20,21). The van der Waals surface area contributed by atoms with E-state index in [-0.39, 0.29) is 0 Å². The molecule has 134 valence electrons. The van der Waals surface area contributed by atoms with Crippen LogP contribution in [0.15, 0.2) is 41.9 Å². The van der Waals surface area contributed by atoms with Crippen molar-refractivity contribution in [3.05, 3.63) is 42.5 Å². The molecular weight excluding hydrogens is 304 g/mol. The number of methoxy groups -OCH3 is 1. The summed E-state index contributed by atoms with van der Waals surface area (Å²) in [6.45, 7) is 8.21. The van der Waals surface area contributed by atoms with Crippen molar-refractivity contribution in [3.63, 3.8) is 0 Å². The third-order valence-electron chi connectivity index (χ3n) is 3.46. The van der Waals surface area contributed by atoms with E-state index >= 15 is 0 Å². The fraction of sp³-hybridized carbons (Fsp3) is 0.500. The van der Waals surface area contributed by atoms with Crippen LogP contribution in [0.4, 0.5) is 0 Å². The van der Waals surface area contributed by atoms with Crippen molar-refractivity contribution in [3.8, 4) is 5.75 Å². The lowest BCUT2D eigenvalue weighted by atomic mass is 10.2. The average molecular weight is 334 g/mol. The highest BCUT2D eigenvalue weighted by Gasteiger charge is 2.04. The molecule has 24 heavy (non-hydrogen) atoms. The Balaban J connectivity index is 2.40. The van der Waals surface area contributed by atoms with Crippen LogP contribution in [0.2, 0.25) is 0 Å². The van der Waals surface area contributed by atoms with E-state index in [1.165, 1.54) is 0 Å². The van der Waals surface area contributed by atoms with Gasteiger partial charge in [0.25, 0.3) is 0 Å². The minimum atomic E-state index is 0.498. The van der Waals surface area contributed by atoms with Crippen LogP contribution in [0.1, 0.15) is 5.56 Å². The van der Waals surface area contributed by atoms with Gasteiger partial charge in [0.2, 0.25) is 0 Å². The number of benzene rings is 1. The normalized spacial score (nSPS) is 11.4. The molecule has 0 unspecified atom stereocenters. The summed E-state index contributed by atoms with van der Waals surface area (Å²) in [5.41, 5.74) is 1.08.